The van der Waals surface area contributed by atoms with Crippen LogP contribution < -0.4 is 9.30 Å². The molecule has 2 heteroatoms. The minimum absolute atomic E-state index is 0.136. The number of hydrogen-bond acceptors (Lipinski definition) is 1. The molecule has 0 atom stereocenters. The zero-order valence-corrected chi connectivity index (χ0v) is 24.4. The van der Waals surface area contributed by atoms with Crippen LogP contribution in [0.5, 0.6) is 11.5 Å². The lowest BCUT2D eigenvalue weighted by molar-refractivity contribution is -0.659. The largest absolute Gasteiger partial charge is 0.455 e. The third-order valence-corrected chi connectivity index (χ3v) is 9.24. The van der Waals surface area contributed by atoms with E-state index in [2.05, 4.69) is 101 Å². The van der Waals surface area contributed by atoms with Crippen LogP contribution in [0.15, 0.2) is 54.7 Å². The van der Waals surface area contributed by atoms with Crippen molar-refractivity contribution in [3.8, 4) is 22.8 Å². The SMILES string of the molecule is Cc1ccc2c(CC(C)(C)C)c3c(c(C)c2c1)-c1c2c(cc4cccc(C5CCCCC5)c4c2cc[n+]1C)O3. The highest BCUT2D eigenvalue weighted by molar-refractivity contribution is 6.17. The predicted molar refractivity (Wildman–Crippen MR) is 164 cm³/mol. The van der Waals surface area contributed by atoms with E-state index in [4.69, 9.17) is 4.74 Å². The first-order valence-electron chi connectivity index (χ1n) is 14.8. The molecule has 4 aromatic carbocycles. The van der Waals surface area contributed by atoms with Crippen LogP contribution >= 0.6 is 0 Å². The van der Waals surface area contributed by atoms with Gasteiger partial charge in [0.15, 0.2) is 6.20 Å². The van der Waals surface area contributed by atoms with Crippen molar-refractivity contribution in [3.05, 3.63) is 77.0 Å². The molecule has 1 aliphatic heterocycles. The van der Waals surface area contributed by atoms with Gasteiger partial charge >= 0.3 is 0 Å². The molecule has 0 bridgehead atoms. The smallest absolute Gasteiger partial charge is 0.228 e. The van der Waals surface area contributed by atoms with E-state index in [0.717, 1.165) is 17.9 Å². The Labute approximate surface area is 232 Å². The molecule has 1 aromatic heterocycles. The first kappa shape index (κ1) is 24.6. The Morgan fingerprint density at radius 2 is 1.67 bits per heavy atom. The molecular weight excluding hydrogens is 474 g/mol. The monoisotopic (exact) mass is 514 g/mol. The number of aryl methyl sites for hydroxylation is 3. The number of benzene rings is 4. The minimum atomic E-state index is 0.136. The Morgan fingerprint density at radius 3 is 2.44 bits per heavy atom. The second kappa shape index (κ2) is 8.81. The van der Waals surface area contributed by atoms with Gasteiger partial charge < -0.3 is 4.74 Å². The fourth-order valence-electron chi connectivity index (χ4n) is 7.50. The van der Waals surface area contributed by atoms with E-state index in [-0.39, 0.29) is 5.41 Å². The Kier molecular flexibility index (Phi) is 5.57. The molecule has 0 N–H and O–H groups in total. The molecule has 5 aromatic rings. The summed E-state index contributed by atoms with van der Waals surface area (Å²) in [6, 6.07) is 18.5. The van der Waals surface area contributed by atoms with Gasteiger partial charge in [-0.1, -0.05) is 82.0 Å². The third kappa shape index (κ3) is 3.86. The molecule has 0 unspecified atom stereocenters. The molecule has 39 heavy (non-hydrogen) atoms. The summed E-state index contributed by atoms with van der Waals surface area (Å²) < 4.78 is 9.41. The fourth-order valence-corrected chi connectivity index (χ4v) is 7.50. The van der Waals surface area contributed by atoms with Crippen LogP contribution in [0.4, 0.5) is 0 Å². The van der Waals surface area contributed by atoms with Gasteiger partial charge in [-0.25, -0.2) is 4.57 Å². The van der Waals surface area contributed by atoms with Gasteiger partial charge in [0.2, 0.25) is 5.69 Å². The average Bonchev–Trinajstić information content (AvgIpc) is 2.91. The lowest BCUT2D eigenvalue weighted by Gasteiger charge is -2.29. The molecule has 1 saturated carbocycles. The number of hydrogen-bond donors (Lipinski definition) is 0. The van der Waals surface area contributed by atoms with Gasteiger partial charge in [0.25, 0.3) is 0 Å². The number of rotatable bonds is 2. The summed E-state index contributed by atoms with van der Waals surface area (Å²) in [7, 11) is 2.20. The van der Waals surface area contributed by atoms with E-state index in [1.165, 1.54) is 97.9 Å². The van der Waals surface area contributed by atoms with Crippen LogP contribution in [0.3, 0.4) is 0 Å². The zero-order valence-electron chi connectivity index (χ0n) is 24.4. The molecule has 7 rings (SSSR count). The Balaban J connectivity index is 1.61. The van der Waals surface area contributed by atoms with Crippen LogP contribution in [0.1, 0.15) is 81.0 Å². The van der Waals surface area contributed by atoms with Crippen molar-refractivity contribution in [2.24, 2.45) is 12.5 Å². The summed E-state index contributed by atoms with van der Waals surface area (Å²) in [6.07, 6.45) is 9.90. The molecule has 1 aliphatic carbocycles. The quantitative estimate of drug-likeness (QED) is 0.165. The van der Waals surface area contributed by atoms with Crippen molar-refractivity contribution < 1.29 is 9.30 Å². The molecular formula is C37H40NO+. The summed E-state index contributed by atoms with van der Waals surface area (Å²) in [6.45, 7) is 11.5. The summed E-state index contributed by atoms with van der Waals surface area (Å²) >= 11 is 0. The van der Waals surface area contributed by atoms with Crippen LogP contribution in [-0.2, 0) is 13.5 Å². The van der Waals surface area contributed by atoms with E-state index >= 15 is 0 Å². The molecule has 0 saturated heterocycles. The minimum Gasteiger partial charge on any atom is -0.455 e. The molecule has 1 fully saturated rings. The molecule has 2 aliphatic rings. The molecule has 0 amide bonds. The lowest BCUT2D eigenvalue weighted by atomic mass is 9.79. The highest BCUT2D eigenvalue weighted by Gasteiger charge is 2.35. The molecule has 2 nitrogen and oxygen atoms in total. The topological polar surface area (TPSA) is 13.1 Å². The number of nitrogens with zero attached hydrogens (tertiary/aromatic N) is 1. The number of aromatic nitrogens is 1. The maximum atomic E-state index is 7.08. The van der Waals surface area contributed by atoms with Gasteiger partial charge in [-0.05, 0) is 83.2 Å². The summed E-state index contributed by atoms with van der Waals surface area (Å²) in [5.41, 5.74) is 8.17. The molecule has 0 spiro atoms. The van der Waals surface area contributed by atoms with E-state index < -0.39 is 0 Å². The number of pyridine rings is 1. The molecule has 0 radical (unpaired) electrons. The fraction of sp³-hybridized carbons (Fsp3) is 0.378. The lowest BCUT2D eigenvalue weighted by Crippen LogP contribution is -2.32. The number of ether oxygens (including phenoxy) is 1. The van der Waals surface area contributed by atoms with Gasteiger partial charge in [-0.2, -0.15) is 0 Å². The van der Waals surface area contributed by atoms with Crippen LogP contribution in [0, 0.1) is 19.3 Å². The van der Waals surface area contributed by atoms with Crippen LogP contribution in [0.2, 0.25) is 0 Å². The third-order valence-electron chi connectivity index (χ3n) is 9.24. The average molecular weight is 515 g/mol. The van der Waals surface area contributed by atoms with E-state index in [0.29, 0.717) is 5.92 Å². The second-order valence-corrected chi connectivity index (χ2v) is 13.4. The maximum Gasteiger partial charge on any atom is 0.228 e. The van der Waals surface area contributed by atoms with E-state index in [1.807, 2.05) is 0 Å². The van der Waals surface area contributed by atoms with Gasteiger partial charge in [0, 0.05) is 17.0 Å². The van der Waals surface area contributed by atoms with Crippen molar-refractivity contribution in [1.82, 2.24) is 0 Å². The van der Waals surface area contributed by atoms with E-state index in [9.17, 15) is 0 Å². The zero-order chi connectivity index (χ0) is 27.1. The first-order valence-corrected chi connectivity index (χ1v) is 14.8. The maximum absolute atomic E-state index is 7.08. The first-order chi connectivity index (χ1) is 18.7. The molecule has 198 valence electrons. The summed E-state index contributed by atoms with van der Waals surface area (Å²) in [4.78, 5) is 0. The van der Waals surface area contributed by atoms with Crippen LogP contribution in [-0.4, -0.2) is 0 Å². The van der Waals surface area contributed by atoms with Crippen molar-refractivity contribution in [2.45, 2.75) is 79.1 Å². The Bertz CT molecular complexity index is 1800. The number of fused-ring (bicyclic) bond motifs is 5. The van der Waals surface area contributed by atoms with Gasteiger partial charge in [-0.3, -0.25) is 0 Å². The van der Waals surface area contributed by atoms with Crippen molar-refractivity contribution in [3.63, 3.8) is 0 Å². The summed E-state index contributed by atoms with van der Waals surface area (Å²) in [5.74, 6) is 2.70. The Morgan fingerprint density at radius 1 is 0.872 bits per heavy atom. The standard InChI is InChI=1S/C37H40NO/c1-22-15-16-27-29(19-22)23(2)32-35-34-28(17-18-38(35)6)33-25(13-10-14-26(33)24-11-8-7-9-12-24)20-31(34)39-36(32)30(27)21-37(3,4)5/h10,13-20,24H,7-9,11-12,21H2,1-6H3/q+1. The highest BCUT2D eigenvalue weighted by atomic mass is 16.5. The van der Waals surface area contributed by atoms with Gasteiger partial charge in [0.1, 0.15) is 18.5 Å². The van der Waals surface area contributed by atoms with Crippen molar-refractivity contribution in [2.75, 3.05) is 0 Å². The highest BCUT2D eigenvalue weighted by Crippen LogP contribution is 2.53. The summed E-state index contributed by atoms with van der Waals surface area (Å²) in [5, 5.41) is 8.00. The van der Waals surface area contributed by atoms with Gasteiger partial charge in [-0.15, -0.1) is 0 Å². The normalized spacial score (nSPS) is 15.6. The van der Waals surface area contributed by atoms with E-state index in [1.54, 1.807) is 0 Å². The van der Waals surface area contributed by atoms with Gasteiger partial charge in [0.05, 0.1) is 10.9 Å². The van der Waals surface area contributed by atoms with Crippen molar-refractivity contribution in [1.29, 1.82) is 0 Å². The molecule has 2 heterocycles. The van der Waals surface area contributed by atoms with Crippen molar-refractivity contribution >= 4 is 32.3 Å². The Hall–Kier alpha value is -3.39. The predicted octanol–water partition coefficient (Wildman–Crippen LogP) is 10.00. The van der Waals surface area contributed by atoms with Crippen LogP contribution in [0.25, 0.3) is 43.6 Å². The second-order valence-electron chi connectivity index (χ2n) is 13.4.